The quantitative estimate of drug-likeness (QED) is 0.929. The molecule has 0 amide bonds. The molecule has 1 aliphatic rings. The fourth-order valence-corrected chi connectivity index (χ4v) is 2.95. The van der Waals surface area contributed by atoms with Gasteiger partial charge in [0.15, 0.2) is 0 Å². The molecule has 0 aromatic heterocycles. The average molecular weight is 313 g/mol. The molecule has 1 aliphatic heterocycles. The molecule has 100 valence electrons. The normalized spacial score (nSPS) is 24.4. The number of benzene rings is 1. The highest BCUT2D eigenvalue weighted by Gasteiger charge is 2.32. The number of halogens is 1. The summed E-state index contributed by atoms with van der Waals surface area (Å²) in [5.41, 5.74) is 7.35. The van der Waals surface area contributed by atoms with Gasteiger partial charge in [-0.05, 0) is 43.1 Å². The van der Waals surface area contributed by atoms with Crippen LogP contribution in [0.1, 0.15) is 18.9 Å². The Bertz CT molecular complexity index is 424. The smallest absolute Gasteiger partial charge is 0.123 e. The maximum Gasteiger partial charge on any atom is 0.123 e. The predicted octanol–water partition coefficient (Wildman–Crippen LogP) is 2.63. The van der Waals surface area contributed by atoms with Crippen molar-refractivity contribution in [1.29, 1.82) is 0 Å². The SMILES string of the molecule is COc1ccc(Br)cc1CN1CCC(C)(CN)C1. The lowest BCUT2D eigenvalue weighted by molar-refractivity contribution is 0.270. The van der Waals surface area contributed by atoms with Gasteiger partial charge in [0, 0.05) is 23.1 Å². The van der Waals surface area contributed by atoms with Gasteiger partial charge in [-0.3, -0.25) is 4.90 Å². The minimum atomic E-state index is 0.277. The number of hydrogen-bond acceptors (Lipinski definition) is 3. The minimum absolute atomic E-state index is 0.277. The fraction of sp³-hybridized carbons (Fsp3) is 0.571. The molecule has 1 heterocycles. The summed E-state index contributed by atoms with van der Waals surface area (Å²) in [7, 11) is 1.72. The van der Waals surface area contributed by atoms with Gasteiger partial charge < -0.3 is 10.5 Å². The van der Waals surface area contributed by atoms with Gasteiger partial charge in [0.25, 0.3) is 0 Å². The molecule has 1 aromatic rings. The third kappa shape index (κ3) is 3.05. The number of nitrogens with zero attached hydrogens (tertiary/aromatic N) is 1. The van der Waals surface area contributed by atoms with Crippen molar-refractivity contribution in [3.8, 4) is 5.75 Å². The van der Waals surface area contributed by atoms with Gasteiger partial charge in [-0.15, -0.1) is 0 Å². The molecular formula is C14H21BrN2O. The van der Waals surface area contributed by atoms with Gasteiger partial charge in [0.1, 0.15) is 5.75 Å². The topological polar surface area (TPSA) is 38.5 Å². The molecule has 1 aromatic carbocycles. The minimum Gasteiger partial charge on any atom is -0.496 e. The molecule has 0 spiro atoms. The Morgan fingerprint density at radius 3 is 2.89 bits per heavy atom. The zero-order valence-corrected chi connectivity index (χ0v) is 12.7. The highest BCUT2D eigenvalue weighted by molar-refractivity contribution is 9.10. The van der Waals surface area contributed by atoms with E-state index in [1.165, 1.54) is 12.0 Å². The lowest BCUT2D eigenvalue weighted by Gasteiger charge is -2.23. The third-order valence-electron chi connectivity index (χ3n) is 3.77. The van der Waals surface area contributed by atoms with Crippen molar-refractivity contribution >= 4 is 15.9 Å². The fourth-order valence-electron chi connectivity index (χ4n) is 2.54. The zero-order chi connectivity index (χ0) is 13.2. The first-order valence-electron chi connectivity index (χ1n) is 6.31. The summed E-state index contributed by atoms with van der Waals surface area (Å²) in [5.74, 6) is 0.958. The van der Waals surface area contributed by atoms with Crippen LogP contribution < -0.4 is 10.5 Å². The van der Waals surface area contributed by atoms with Crippen LogP contribution in [0.5, 0.6) is 5.75 Å². The van der Waals surface area contributed by atoms with E-state index in [-0.39, 0.29) is 5.41 Å². The molecule has 4 heteroatoms. The van der Waals surface area contributed by atoms with Crippen molar-refractivity contribution in [3.05, 3.63) is 28.2 Å². The van der Waals surface area contributed by atoms with Gasteiger partial charge in [0.2, 0.25) is 0 Å². The first-order chi connectivity index (χ1) is 8.56. The van der Waals surface area contributed by atoms with Gasteiger partial charge in [-0.25, -0.2) is 0 Å². The Morgan fingerprint density at radius 1 is 1.50 bits per heavy atom. The second kappa shape index (κ2) is 5.59. The van der Waals surface area contributed by atoms with E-state index in [1.54, 1.807) is 7.11 Å². The van der Waals surface area contributed by atoms with Gasteiger partial charge >= 0.3 is 0 Å². The molecule has 2 rings (SSSR count). The molecule has 1 fully saturated rings. The summed E-state index contributed by atoms with van der Waals surface area (Å²) in [6, 6.07) is 6.16. The van der Waals surface area contributed by atoms with Gasteiger partial charge in [-0.2, -0.15) is 0 Å². The highest BCUT2D eigenvalue weighted by atomic mass is 79.9. The van der Waals surface area contributed by atoms with Crippen LogP contribution in [0.25, 0.3) is 0 Å². The monoisotopic (exact) mass is 312 g/mol. The summed E-state index contributed by atoms with van der Waals surface area (Å²) in [5, 5.41) is 0. The van der Waals surface area contributed by atoms with E-state index >= 15 is 0 Å². The molecule has 1 saturated heterocycles. The lowest BCUT2D eigenvalue weighted by atomic mass is 9.90. The second-order valence-electron chi connectivity index (χ2n) is 5.43. The summed E-state index contributed by atoms with van der Waals surface area (Å²) in [6.45, 7) is 6.14. The predicted molar refractivity (Wildman–Crippen MR) is 77.7 cm³/mol. The Balaban J connectivity index is 2.08. The van der Waals surface area contributed by atoms with Crippen molar-refractivity contribution in [1.82, 2.24) is 4.90 Å². The largest absolute Gasteiger partial charge is 0.496 e. The molecule has 0 bridgehead atoms. The van der Waals surface area contributed by atoms with Crippen molar-refractivity contribution in [3.63, 3.8) is 0 Å². The summed E-state index contributed by atoms with van der Waals surface area (Å²) >= 11 is 3.52. The van der Waals surface area contributed by atoms with Gasteiger partial charge in [0.05, 0.1) is 7.11 Å². The van der Waals surface area contributed by atoms with Crippen LogP contribution in [0.2, 0.25) is 0 Å². The standard InChI is InChI=1S/C14H21BrN2O/c1-14(9-16)5-6-17(10-14)8-11-7-12(15)3-4-13(11)18-2/h3-4,7H,5-6,8-10,16H2,1-2H3. The van der Waals surface area contributed by atoms with Crippen LogP contribution in [-0.4, -0.2) is 31.6 Å². The van der Waals surface area contributed by atoms with Crippen LogP contribution >= 0.6 is 15.9 Å². The van der Waals surface area contributed by atoms with Crippen LogP contribution in [0.15, 0.2) is 22.7 Å². The van der Waals surface area contributed by atoms with E-state index < -0.39 is 0 Å². The molecular weight excluding hydrogens is 292 g/mol. The number of hydrogen-bond donors (Lipinski definition) is 1. The number of rotatable bonds is 4. The summed E-state index contributed by atoms with van der Waals surface area (Å²) in [4.78, 5) is 2.46. The maximum absolute atomic E-state index is 5.84. The first-order valence-corrected chi connectivity index (χ1v) is 7.10. The van der Waals surface area contributed by atoms with E-state index in [9.17, 15) is 0 Å². The maximum atomic E-state index is 5.84. The molecule has 2 N–H and O–H groups in total. The summed E-state index contributed by atoms with van der Waals surface area (Å²) < 4.78 is 6.51. The Morgan fingerprint density at radius 2 is 2.28 bits per heavy atom. The second-order valence-corrected chi connectivity index (χ2v) is 6.35. The zero-order valence-electron chi connectivity index (χ0n) is 11.1. The Kier molecular flexibility index (Phi) is 4.30. The molecule has 0 radical (unpaired) electrons. The molecule has 0 aliphatic carbocycles. The number of nitrogens with two attached hydrogens (primary N) is 1. The number of likely N-dealkylation sites (tertiary alicyclic amines) is 1. The number of ether oxygens (including phenoxy) is 1. The molecule has 0 saturated carbocycles. The Hall–Kier alpha value is -0.580. The average Bonchev–Trinajstić information content (AvgIpc) is 2.72. The van der Waals surface area contributed by atoms with E-state index in [0.717, 1.165) is 36.4 Å². The molecule has 1 unspecified atom stereocenters. The lowest BCUT2D eigenvalue weighted by Crippen LogP contribution is -2.31. The van der Waals surface area contributed by atoms with E-state index in [4.69, 9.17) is 10.5 Å². The summed E-state index contributed by atoms with van der Waals surface area (Å²) in [6.07, 6.45) is 1.18. The van der Waals surface area contributed by atoms with Crippen LogP contribution in [-0.2, 0) is 6.54 Å². The van der Waals surface area contributed by atoms with Crippen LogP contribution in [0, 0.1) is 5.41 Å². The molecule has 1 atom stereocenters. The number of methoxy groups -OCH3 is 1. The molecule has 3 nitrogen and oxygen atoms in total. The van der Waals surface area contributed by atoms with E-state index in [0.29, 0.717) is 0 Å². The Labute approximate surface area is 117 Å². The van der Waals surface area contributed by atoms with Crippen LogP contribution in [0.3, 0.4) is 0 Å². The van der Waals surface area contributed by atoms with E-state index in [1.807, 2.05) is 12.1 Å². The van der Waals surface area contributed by atoms with Crippen molar-refractivity contribution in [2.75, 3.05) is 26.7 Å². The third-order valence-corrected chi connectivity index (χ3v) is 4.26. The highest BCUT2D eigenvalue weighted by Crippen LogP contribution is 2.31. The first kappa shape index (κ1) is 13.8. The van der Waals surface area contributed by atoms with Crippen molar-refractivity contribution in [2.24, 2.45) is 11.1 Å². The van der Waals surface area contributed by atoms with E-state index in [2.05, 4.69) is 33.8 Å². The van der Waals surface area contributed by atoms with Gasteiger partial charge in [-0.1, -0.05) is 22.9 Å². The van der Waals surface area contributed by atoms with Crippen LogP contribution in [0.4, 0.5) is 0 Å². The van der Waals surface area contributed by atoms with Crippen molar-refractivity contribution in [2.45, 2.75) is 19.9 Å². The molecule has 18 heavy (non-hydrogen) atoms. The van der Waals surface area contributed by atoms with Crippen molar-refractivity contribution < 1.29 is 4.74 Å².